The summed E-state index contributed by atoms with van der Waals surface area (Å²) in [6.45, 7) is 3.56. The minimum absolute atomic E-state index is 0.0362. The van der Waals surface area contributed by atoms with Crippen molar-refractivity contribution in [2.45, 2.75) is 44.9 Å². The average molecular weight is 386 g/mol. The maximum absolute atomic E-state index is 11.4. The van der Waals surface area contributed by atoms with Crippen LogP contribution in [-0.2, 0) is 15.0 Å². The molecule has 0 saturated carbocycles. The summed E-state index contributed by atoms with van der Waals surface area (Å²) < 4.78 is 0. The molecule has 0 bridgehead atoms. The van der Waals surface area contributed by atoms with E-state index in [4.69, 9.17) is 0 Å². The van der Waals surface area contributed by atoms with Crippen molar-refractivity contribution < 1.29 is 19.8 Å². The van der Waals surface area contributed by atoms with Crippen molar-refractivity contribution in [2.75, 3.05) is 0 Å². The van der Waals surface area contributed by atoms with E-state index in [2.05, 4.69) is 23.7 Å². The van der Waals surface area contributed by atoms with Crippen LogP contribution in [0.2, 0.25) is 0 Å². The molecule has 0 saturated heterocycles. The molecule has 0 radical (unpaired) electrons. The Morgan fingerprint density at radius 1 is 0.793 bits per heavy atom. The molecule has 0 spiro atoms. The lowest BCUT2D eigenvalue weighted by atomic mass is 9.71. The molecule has 0 aromatic heterocycles. The molecule has 0 heterocycles. The summed E-state index contributed by atoms with van der Waals surface area (Å²) in [5, 5.41) is 18.7. The van der Waals surface area contributed by atoms with Crippen LogP contribution < -0.4 is 0 Å². The Hall–Kier alpha value is -3.50. The Morgan fingerprint density at radius 3 is 1.55 bits per heavy atom. The Kier molecular flexibility index (Phi) is 5.76. The minimum atomic E-state index is -0.892. The Labute approximate surface area is 170 Å². The molecule has 3 rings (SSSR count). The number of aliphatic carboxylic acids is 2. The predicted molar refractivity (Wildman–Crippen MR) is 112 cm³/mol. The van der Waals surface area contributed by atoms with Gasteiger partial charge in [0.25, 0.3) is 0 Å². The lowest BCUT2D eigenvalue weighted by Gasteiger charge is -2.31. The Bertz CT molecular complexity index is 1010. The van der Waals surface area contributed by atoms with Gasteiger partial charge in [0, 0.05) is 29.4 Å². The normalized spacial score (nSPS) is 12.6. The number of hydrogen-bond acceptors (Lipinski definition) is 2. The van der Waals surface area contributed by atoms with Gasteiger partial charge in [-0.1, -0.05) is 24.0 Å². The van der Waals surface area contributed by atoms with Gasteiger partial charge in [-0.2, -0.15) is 0 Å². The zero-order valence-corrected chi connectivity index (χ0v) is 16.5. The number of benzene rings is 2. The van der Waals surface area contributed by atoms with Crippen LogP contribution in [0.15, 0.2) is 36.4 Å². The van der Waals surface area contributed by atoms with Crippen LogP contribution in [0.5, 0.6) is 0 Å². The van der Waals surface area contributed by atoms with E-state index in [0.717, 1.165) is 33.4 Å². The van der Waals surface area contributed by atoms with Gasteiger partial charge >= 0.3 is 11.9 Å². The molecular formula is C25H22O4. The van der Waals surface area contributed by atoms with E-state index in [0.29, 0.717) is 12.8 Å². The molecule has 2 N–H and O–H groups in total. The maximum Gasteiger partial charge on any atom is 0.303 e. The zero-order valence-electron chi connectivity index (χ0n) is 16.5. The summed E-state index contributed by atoms with van der Waals surface area (Å²) in [6, 6.07) is 11.8. The maximum atomic E-state index is 11.4. The first-order valence-electron chi connectivity index (χ1n) is 9.50. The largest absolute Gasteiger partial charge is 0.481 e. The zero-order chi connectivity index (χ0) is 21.0. The number of carboxylic acids is 2. The highest BCUT2D eigenvalue weighted by molar-refractivity contribution is 5.84. The second-order valence-corrected chi connectivity index (χ2v) is 7.14. The van der Waals surface area contributed by atoms with Gasteiger partial charge in [-0.05, 0) is 73.2 Å². The lowest BCUT2D eigenvalue weighted by Crippen LogP contribution is -2.27. The fraction of sp³-hybridized carbons (Fsp3) is 0.280. The van der Waals surface area contributed by atoms with Gasteiger partial charge in [-0.3, -0.25) is 9.59 Å². The summed E-state index contributed by atoms with van der Waals surface area (Å²) in [5.41, 5.74) is 4.99. The molecule has 0 atom stereocenters. The third-order valence-corrected chi connectivity index (χ3v) is 5.43. The van der Waals surface area contributed by atoms with Gasteiger partial charge in [0.15, 0.2) is 0 Å². The van der Waals surface area contributed by atoms with Gasteiger partial charge in [-0.25, -0.2) is 0 Å². The molecule has 29 heavy (non-hydrogen) atoms. The van der Waals surface area contributed by atoms with E-state index in [9.17, 15) is 19.8 Å². The fourth-order valence-corrected chi connectivity index (χ4v) is 4.26. The molecule has 1 aliphatic carbocycles. The first kappa shape index (κ1) is 20.2. The topological polar surface area (TPSA) is 74.6 Å². The molecule has 4 nitrogen and oxygen atoms in total. The molecular weight excluding hydrogens is 364 g/mol. The van der Waals surface area contributed by atoms with Gasteiger partial charge in [0.2, 0.25) is 0 Å². The molecule has 146 valence electrons. The fourth-order valence-electron chi connectivity index (χ4n) is 4.26. The summed E-state index contributed by atoms with van der Waals surface area (Å²) in [5.74, 6) is 10.2. The van der Waals surface area contributed by atoms with E-state index in [-0.39, 0.29) is 12.8 Å². The summed E-state index contributed by atoms with van der Waals surface area (Å²) in [7, 11) is 0. The number of carbonyl (C=O) groups is 2. The monoisotopic (exact) mass is 386 g/mol. The SMILES string of the molecule is CC#Cc1ccc2c(c1)-c1cc(C#CC)ccc1C2(CCC(=O)O)CCC(=O)O. The second kappa shape index (κ2) is 8.25. The van der Waals surface area contributed by atoms with Crippen molar-refractivity contribution in [3.8, 4) is 34.8 Å². The molecule has 1 aliphatic rings. The van der Waals surface area contributed by atoms with E-state index in [1.54, 1.807) is 13.8 Å². The summed E-state index contributed by atoms with van der Waals surface area (Å²) in [6.07, 6.45) is 0.609. The third-order valence-electron chi connectivity index (χ3n) is 5.43. The van der Waals surface area contributed by atoms with Crippen molar-refractivity contribution >= 4 is 11.9 Å². The van der Waals surface area contributed by atoms with Crippen LogP contribution in [0.1, 0.15) is 61.8 Å². The van der Waals surface area contributed by atoms with Crippen LogP contribution >= 0.6 is 0 Å². The third kappa shape index (κ3) is 3.89. The first-order valence-corrected chi connectivity index (χ1v) is 9.50. The van der Waals surface area contributed by atoms with Gasteiger partial charge in [0.1, 0.15) is 0 Å². The van der Waals surface area contributed by atoms with Crippen LogP contribution in [0.4, 0.5) is 0 Å². The van der Waals surface area contributed by atoms with Crippen LogP contribution in [0, 0.1) is 23.7 Å². The Balaban J connectivity index is 2.27. The highest BCUT2D eigenvalue weighted by atomic mass is 16.4. The first-order chi connectivity index (χ1) is 13.9. The van der Waals surface area contributed by atoms with Crippen molar-refractivity contribution in [1.29, 1.82) is 0 Å². The summed E-state index contributed by atoms with van der Waals surface area (Å²) in [4.78, 5) is 22.8. The minimum Gasteiger partial charge on any atom is -0.481 e. The van der Waals surface area contributed by atoms with Gasteiger partial charge in [0.05, 0.1) is 0 Å². The molecule has 0 unspecified atom stereocenters. The van der Waals surface area contributed by atoms with E-state index in [1.807, 2.05) is 36.4 Å². The van der Waals surface area contributed by atoms with Crippen molar-refractivity contribution in [3.63, 3.8) is 0 Å². The van der Waals surface area contributed by atoms with Crippen molar-refractivity contribution in [1.82, 2.24) is 0 Å². The van der Waals surface area contributed by atoms with Crippen LogP contribution in [-0.4, -0.2) is 22.2 Å². The molecule has 0 aliphatic heterocycles. The number of carboxylic acid groups (broad SMARTS) is 2. The van der Waals surface area contributed by atoms with E-state index < -0.39 is 17.4 Å². The van der Waals surface area contributed by atoms with Crippen LogP contribution in [0.3, 0.4) is 0 Å². The molecule has 0 fully saturated rings. The second-order valence-electron chi connectivity index (χ2n) is 7.14. The molecule has 4 heteroatoms. The summed E-state index contributed by atoms with van der Waals surface area (Å²) >= 11 is 0. The van der Waals surface area contributed by atoms with Crippen molar-refractivity contribution in [3.05, 3.63) is 58.7 Å². The molecule has 2 aromatic carbocycles. The van der Waals surface area contributed by atoms with E-state index in [1.165, 1.54) is 0 Å². The van der Waals surface area contributed by atoms with Crippen LogP contribution in [0.25, 0.3) is 11.1 Å². The molecule has 0 amide bonds. The molecule has 2 aromatic rings. The Morgan fingerprint density at radius 2 is 1.21 bits per heavy atom. The standard InChI is InChI=1S/C25H22O4/c1-3-5-17-7-9-21-19(15-17)20-16-18(6-4-2)8-10-22(20)25(21,13-11-23(26)27)14-12-24(28)29/h7-10,15-16H,11-14H2,1-2H3,(H,26,27)(H,28,29). The highest BCUT2D eigenvalue weighted by Crippen LogP contribution is 2.54. The van der Waals surface area contributed by atoms with Crippen molar-refractivity contribution in [2.24, 2.45) is 0 Å². The van der Waals surface area contributed by atoms with E-state index >= 15 is 0 Å². The highest BCUT2D eigenvalue weighted by Gasteiger charge is 2.43. The number of hydrogen-bond donors (Lipinski definition) is 2. The smallest absolute Gasteiger partial charge is 0.303 e. The van der Waals surface area contributed by atoms with Gasteiger partial charge in [-0.15, -0.1) is 11.8 Å². The predicted octanol–water partition coefficient (Wildman–Crippen LogP) is 4.43. The number of fused-ring (bicyclic) bond motifs is 3. The average Bonchev–Trinajstić information content (AvgIpc) is 2.95. The van der Waals surface area contributed by atoms with Gasteiger partial charge < -0.3 is 10.2 Å². The number of rotatable bonds is 6. The quantitative estimate of drug-likeness (QED) is 0.721. The lowest BCUT2D eigenvalue weighted by molar-refractivity contribution is -0.137.